The molecule has 1 atom stereocenters. The normalized spacial score (nSPS) is 22.3. The molecule has 1 saturated heterocycles. The number of carbonyl (C=O) groups excluding carboxylic acids is 1. The van der Waals surface area contributed by atoms with Crippen molar-refractivity contribution >= 4 is 5.91 Å². The maximum atomic E-state index is 12.6. The summed E-state index contributed by atoms with van der Waals surface area (Å²) in [5.74, 6) is 0.552. The topological polar surface area (TPSA) is 38.1 Å². The van der Waals surface area contributed by atoms with Gasteiger partial charge in [-0.3, -0.25) is 4.79 Å². The van der Waals surface area contributed by atoms with Crippen LogP contribution >= 0.6 is 0 Å². The fourth-order valence-electron chi connectivity index (χ4n) is 3.20. The predicted molar refractivity (Wildman–Crippen MR) is 82.1 cm³/mol. The second kappa shape index (κ2) is 5.35. The molecule has 1 fully saturated rings. The van der Waals surface area contributed by atoms with E-state index in [9.17, 15) is 4.79 Å². The Balaban J connectivity index is 1.83. The van der Waals surface area contributed by atoms with Crippen LogP contribution in [0.5, 0.6) is 0 Å². The van der Waals surface area contributed by atoms with Crippen molar-refractivity contribution in [3.63, 3.8) is 0 Å². The quantitative estimate of drug-likeness (QED) is 0.849. The first-order valence-electron chi connectivity index (χ1n) is 7.42. The molecule has 1 aliphatic heterocycles. The Morgan fingerprint density at radius 2 is 2.05 bits per heavy atom. The molecule has 4 nitrogen and oxygen atoms in total. The van der Waals surface area contributed by atoms with E-state index >= 15 is 0 Å². The van der Waals surface area contributed by atoms with Gasteiger partial charge in [0.1, 0.15) is 0 Å². The maximum Gasteiger partial charge on any atom is 0.289 e. The van der Waals surface area contributed by atoms with Crippen molar-refractivity contribution in [3.05, 3.63) is 54.1 Å². The van der Waals surface area contributed by atoms with Crippen LogP contribution in [0.2, 0.25) is 0 Å². The Morgan fingerprint density at radius 1 is 1.29 bits per heavy atom. The summed E-state index contributed by atoms with van der Waals surface area (Å²) in [5, 5.41) is 0. The first-order valence-corrected chi connectivity index (χ1v) is 7.42. The summed E-state index contributed by atoms with van der Waals surface area (Å²) in [5.41, 5.74) is 1.34. The third kappa shape index (κ3) is 2.58. The number of amides is 1. The number of carbonyl (C=O) groups is 1. The zero-order chi connectivity index (χ0) is 14.9. The Hall–Kier alpha value is -2.10. The molecular formula is C17H21N3O. The minimum absolute atomic E-state index is 0.0281. The van der Waals surface area contributed by atoms with E-state index in [1.165, 1.54) is 5.56 Å². The molecule has 0 saturated carbocycles. The fourth-order valence-corrected chi connectivity index (χ4v) is 3.20. The van der Waals surface area contributed by atoms with E-state index in [-0.39, 0.29) is 11.3 Å². The minimum atomic E-state index is 0.0281. The molecule has 0 N–H and O–H groups in total. The van der Waals surface area contributed by atoms with Crippen LogP contribution < -0.4 is 0 Å². The van der Waals surface area contributed by atoms with Gasteiger partial charge in [-0.25, -0.2) is 4.98 Å². The Bertz CT molecular complexity index is 634. The molecule has 2 heterocycles. The molecule has 1 unspecified atom stereocenters. The molecule has 21 heavy (non-hydrogen) atoms. The fraction of sp³-hybridized carbons (Fsp3) is 0.412. The Morgan fingerprint density at radius 3 is 2.71 bits per heavy atom. The highest BCUT2D eigenvalue weighted by atomic mass is 16.2. The number of rotatable bonds is 2. The van der Waals surface area contributed by atoms with Gasteiger partial charge in [-0.05, 0) is 18.4 Å². The number of nitrogens with zero attached hydrogens (tertiary/aromatic N) is 3. The highest BCUT2D eigenvalue weighted by Crippen LogP contribution is 2.33. The van der Waals surface area contributed by atoms with Crippen LogP contribution in [0.4, 0.5) is 0 Å². The first kappa shape index (κ1) is 13.9. The highest BCUT2D eigenvalue weighted by Gasteiger charge is 2.35. The summed E-state index contributed by atoms with van der Waals surface area (Å²) in [6.45, 7) is 3.82. The first-order chi connectivity index (χ1) is 10.1. The van der Waals surface area contributed by atoms with E-state index in [1.54, 1.807) is 10.8 Å². The van der Waals surface area contributed by atoms with Gasteiger partial charge in [0, 0.05) is 37.9 Å². The standard InChI is InChI=1S/C17H21N3O/c1-17(14-7-4-3-5-8-14)9-6-11-20(13-17)16(21)15-18-10-12-19(15)2/h3-5,7-8,10,12H,6,9,11,13H2,1-2H3. The van der Waals surface area contributed by atoms with Gasteiger partial charge in [-0.1, -0.05) is 37.3 Å². The van der Waals surface area contributed by atoms with Crippen LogP contribution in [-0.2, 0) is 12.5 Å². The molecular weight excluding hydrogens is 262 g/mol. The van der Waals surface area contributed by atoms with E-state index in [0.29, 0.717) is 5.82 Å². The van der Waals surface area contributed by atoms with Crippen LogP contribution in [0, 0.1) is 0 Å². The number of hydrogen-bond donors (Lipinski definition) is 0. The van der Waals surface area contributed by atoms with Crippen molar-refractivity contribution in [2.45, 2.75) is 25.2 Å². The number of hydrogen-bond acceptors (Lipinski definition) is 2. The van der Waals surface area contributed by atoms with E-state index in [1.807, 2.05) is 24.2 Å². The molecule has 0 aliphatic carbocycles. The lowest BCUT2D eigenvalue weighted by molar-refractivity contribution is 0.0635. The van der Waals surface area contributed by atoms with Crippen molar-refractivity contribution in [2.24, 2.45) is 7.05 Å². The van der Waals surface area contributed by atoms with Crippen molar-refractivity contribution in [2.75, 3.05) is 13.1 Å². The number of likely N-dealkylation sites (tertiary alicyclic amines) is 1. The van der Waals surface area contributed by atoms with Crippen LogP contribution in [0.15, 0.2) is 42.7 Å². The van der Waals surface area contributed by atoms with Gasteiger partial charge in [0.05, 0.1) is 0 Å². The van der Waals surface area contributed by atoms with Gasteiger partial charge in [0.15, 0.2) is 5.82 Å². The van der Waals surface area contributed by atoms with Gasteiger partial charge in [0.25, 0.3) is 5.91 Å². The van der Waals surface area contributed by atoms with Crippen LogP contribution in [0.1, 0.15) is 35.9 Å². The largest absolute Gasteiger partial charge is 0.335 e. The zero-order valence-corrected chi connectivity index (χ0v) is 12.6. The van der Waals surface area contributed by atoms with Crippen LogP contribution in [0.3, 0.4) is 0 Å². The van der Waals surface area contributed by atoms with Crippen molar-refractivity contribution in [1.82, 2.24) is 14.5 Å². The molecule has 3 rings (SSSR count). The number of piperidine rings is 1. The molecule has 1 aromatic heterocycles. The van der Waals surface area contributed by atoms with Gasteiger partial charge in [0.2, 0.25) is 0 Å². The molecule has 1 amide bonds. The van der Waals surface area contributed by atoms with Gasteiger partial charge < -0.3 is 9.47 Å². The smallest absolute Gasteiger partial charge is 0.289 e. The molecule has 0 bridgehead atoms. The minimum Gasteiger partial charge on any atom is -0.335 e. The lowest BCUT2D eigenvalue weighted by Gasteiger charge is -2.40. The summed E-state index contributed by atoms with van der Waals surface area (Å²) in [6, 6.07) is 10.5. The molecule has 2 aromatic rings. The van der Waals surface area contributed by atoms with Gasteiger partial charge in [-0.2, -0.15) is 0 Å². The molecule has 4 heteroatoms. The van der Waals surface area contributed by atoms with E-state index in [0.717, 1.165) is 25.9 Å². The number of imidazole rings is 1. The third-order valence-electron chi connectivity index (χ3n) is 4.47. The van der Waals surface area contributed by atoms with Crippen molar-refractivity contribution in [1.29, 1.82) is 0 Å². The summed E-state index contributed by atoms with van der Waals surface area (Å²) < 4.78 is 1.79. The van der Waals surface area contributed by atoms with Crippen LogP contribution in [0.25, 0.3) is 0 Å². The zero-order valence-electron chi connectivity index (χ0n) is 12.6. The SMILES string of the molecule is Cn1ccnc1C(=O)N1CCCC(C)(c2ccccc2)C1. The van der Waals surface area contributed by atoms with E-state index in [2.05, 4.69) is 36.2 Å². The number of aromatic nitrogens is 2. The average molecular weight is 283 g/mol. The Kier molecular flexibility index (Phi) is 3.53. The Labute approximate surface area is 125 Å². The molecule has 0 spiro atoms. The van der Waals surface area contributed by atoms with Crippen molar-refractivity contribution in [3.8, 4) is 0 Å². The van der Waals surface area contributed by atoms with Crippen LogP contribution in [-0.4, -0.2) is 33.4 Å². The van der Waals surface area contributed by atoms with Crippen molar-refractivity contribution < 1.29 is 4.79 Å². The predicted octanol–water partition coefficient (Wildman–Crippen LogP) is 2.61. The summed E-state index contributed by atoms with van der Waals surface area (Å²) in [7, 11) is 1.86. The summed E-state index contributed by atoms with van der Waals surface area (Å²) >= 11 is 0. The lowest BCUT2D eigenvalue weighted by atomic mass is 9.76. The monoisotopic (exact) mass is 283 g/mol. The molecule has 1 aliphatic rings. The maximum absolute atomic E-state index is 12.6. The van der Waals surface area contributed by atoms with Gasteiger partial charge >= 0.3 is 0 Å². The summed E-state index contributed by atoms with van der Waals surface area (Å²) in [4.78, 5) is 18.8. The second-order valence-corrected chi connectivity index (χ2v) is 6.12. The number of aryl methyl sites for hydroxylation is 1. The molecule has 110 valence electrons. The van der Waals surface area contributed by atoms with E-state index in [4.69, 9.17) is 0 Å². The van der Waals surface area contributed by atoms with Gasteiger partial charge in [-0.15, -0.1) is 0 Å². The summed E-state index contributed by atoms with van der Waals surface area (Å²) in [6.07, 6.45) is 5.63. The molecule has 0 radical (unpaired) electrons. The van der Waals surface area contributed by atoms with E-state index < -0.39 is 0 Å². The average Bonchev–Trinajstić information content (AvgIpc) is 2.93. The molecule has 1 aromatic carbocycles. The second-order valence-electron chi connectivity index (χ2n) is 6.12. The third-order valence-corrected chi connectivity index (χ3v) is 4.47. The highest BCUT2D eigenvalue weighted by molar-refractivity contribution is 5.91. The lowest BCUT2D eigenvalue weighted by Crippen LogP contribution is -2.47. The number of benzene rings is 1.